The molecule has 0 fully saturated rings. The fourth-order valence-corrected chi connectivity index (χ4v) is 1.83. The van der Waals surface area contributed by atoms with Crippen LogP contribution in [-0.4, -0.2) is 12.6 Å². The summed E-state index contributed by atoms with van der Waals surface area (Å²) in [6, 6.07) is 6.88. The molecule has 1 aliphatic heterocycles. The van der Waals surface area contributed by atoms with Crippen molar-refractivity contribution in [2.45, 2.75) is 19.9 Å². The third-order valence-corrected chi connectivity index (χ3v) is 2.69. The maximum Gasteiger partial charge on any atom is 0.146 e. The van der Waals surface area contributed by atoms with Gasteiger partial charge in [0.05, 0.1) is 12.3 Å². The molecule has 0 radical (unpaired) electrons. The van der Waals surface area contributed by atoms with Gasteiger partial charge in [0.1, 0.15) is 11.6 Å². The Kier molecular flexibility index (Phi) is 3.47. The van der Waals surface area contributed by atoms with Gasteiger partial charge in [-0.2, -0.15) is 0 Å². The molecule has 0 bridgehead atoms. The topological polar surface area (TPSA) is 12.5 Å². The summed E-state index contributed by atoms with van der Waals surface area (Å²) in [4.78, 5) is 1.88. The van der Waals surface area contributed by atoms with Gasteiger partial charge in [0, 0.05) is 12.2 Å². The van der Waals surface area contributed by atoms with Crippen LogP contribution >= 0.6 is 0 Å². The standard InChI is InChI=1S/C14H16FNO/c1-3-17-12-9-8-11(2)16(10-12)14-7-5-4-6-13(14)15/h4-11H,3H2,1-2H3. The number of anilines is 1. The second-order valence-corrected chi connectivity index (χ2v) is 3.92. The molecule has 1 aromatic carbocycles. The van der Waals surface area contributed by atoms with Gasteiger partial charge in [-0.3, -0.25) is 0 Å². The van der Waals surface area contributed by atoms with Gasteiger partial charge in [-0.05, 0) is 32.1 Å². The Morgan fingerprint density at radius 2 is 2.12 bits per heavy atom. The quantitative estimate of drug-likeness (QED) is 0.792. The van der Waals surface area contributed by atoms with Crippen LogP contribution in [0.5, 0.6) is 0 Å². The van der Waals surface area contributed by atoms with E-state index in [0.717, 1.165) is 5.76 Å². The molecule has 17 heavy (non-hydrogen) atoms. The van der Waals surface area contributed by atoms with Crippen molar-refractivity contribution in [2.75, 3.05) is 11.5 Å². The molecule has 0 saturated heterocycles. The Bertz CT molecular complexity index is 453. The van der Waals surface area contributed by atoms with Gasteiger partial charge < -0.3 is 9.64 Å². The van der Waals surface area contributed by atoms with E-state index in [9.17, 15) is 4.39 Å². The third kappa shape index (κ3) is 2.49. The van der Waals surface area contributed by atoms with Gasteiger partial charge in [-0.25, -0.2) is 4.39 Å². The summed E-state index contributed by atoms with van der Waals surface area (Å²) in [5.41, 5.74) is 0.571. The lowest BCUT2D eigenvalue weighted by Crippen LogP contribution is -2.29. The Labute approximate surface area is 101 Å². The fraction of sp³-hybridized carbons (Fsp3) is 0.286. The van der Waals surface area contributed by atoms with E-state index in [1.807, 2.05) is 43.2 Å². The molecular formula is C14H16FNO. The van der Waals surface area contributed by atoms with E-state index in [2.05, 4.69) is 0 Å². The van der Waals surface area contributed by atoms with Gasteiger partial charge >= 0.3 is 0 Å². The molecule has 0 aromatic heterocycles. The minimum atomic E-state index is -0.221. The summed E-state index contributed by atoms with van der Waals surface area (Å²) in [7, 11) is 0. The first-order valence-electron chi connectivity index (χ1n) is 5.78. The minimum Gasteiger partial charge on any atom is -0.492 e. The van der Waals surface area contributed by atoms with Crippen LogP contribution in [0.1, 0.15) is 13.8 Å². The Morgan fingerprint density at radius 3 is 2.82 bits per heavy atom. The van der Waals surface area contributed by atoms with Gasteiger partial charge in [0.25, 0.3) is 0 Å². The molecule has 0 spiro atoms. The monoisotopic (exact) mass is 233 g/mol. The van der Waals surface area contributed by atoms with Crippen molar-refractivity contribution in [3.05, 3.63) is 54.2 Å². The Hall–Kier alpha value is -1.77. The zero-order chi connectivity index (χ0) is 12.3. The number of benzene rings is 1. The van der Waals surface area contributed by atoms with E-state index in [4.69, 9.17) is 4.74 Å². The zero-order valence-corrected chi connectivity index (χ0v) is 10.1. The number of halogens is 1. The number of hydrogen-bond donors (Lipinski definition) is 0. The Balaban J connectivity index is 2.31. The van der Waals surface area contributed by atoms with E-state index in [0.29, 0.717) is 12.3 Å². The largest absolute Gasteiger partial charge is 0.492 e. The number of rotatable bonds is 3. The predicted molar refractivity (Wildman–Crippen MR) is 67.2 cm³/mol. The highest BCUT2D eigenvalue weighted by atomic mass is 19.1. The van der Waals surface area contributed by atoms with Gasteiger partial charge in [0.15, 0.2) is 0 Å². The van der Waals surface area contributed by atoms with Gasteiger partial charge in [0.2, 0.25) is 0 Å². The molecule has 1 unspecified atom stereocenters. The molecule has 0 saturated carbocycles. The van der Waals surface area contributed by atoms with Crippen molar-refractivity contribution < 1.29 is 9.13 Å². The van der Waals surface area contributed by atoms with Crippen LogP contribution in [-0.2, 0) is 4.74 Å². The molecule has 0 aliphatic carbocycles. The number of para-hydroxylation sites is 1. The van der Waals surface area contributed by atoms with E-state index in [-0.39, 0.29) is 11.9 Å². The number of hydrogen-bond acceptors (Lipinski definition) is 2. The Morgan fingerprint density at radius 1 is 1.35 bits per heavy atom. The summed E-state index contributed by atoms with van der Waals surface area (Å²) in [5.74, 6) is 0.538. The summed E-state index contributed by atoms with van der Waals surface area (Å²) < 4.78 is 19.2. The third-order valence-electron chi connectivity index (χ3n) is 2.69. The van der Waals surface area contributed by atoms with E-state index < -0.39 is 0 Å². The smallest absolute Gasteiger partial charge is 0.146 e. The average molecular weight is 233 g/mol. The first-order valence-corrected chi connectivity index (χ1v) is 5.78. The molecule has 2 nitrogen and oxygen atoms in total. The van der Waals surface area contributed by atoms with Crippen molar-refractivity contribution in [3.63, 3.8) is 0 Å². The SMILES string of the molecule is CCOC1=CN(c2ccccc2F)C(C)C=C1. The maximum absolute atomic E-state index is 13.7. The van der Waals surface area contributed by atoms with E-state index in [1.54, 1.807) is 12.1 Å². The fourth-order valence-electron chi connectivity index (χ4n) is 1.83. The highest BCUT2D eigenvalue weighted by Crippen LogP contribution is 2.25. The molecule has 1 atom stereocenters. The highest BCUT2D eigenvalue weighted by Gasteiger charge is 2.17. The van der Waals surface area contributed by atoms with Crippen molar-refractivity contribution >= 4 is 5.69 Å². The maximum atomic E-state index is 13.7. The molecule has 0 N–H and O–H groups in total. The number of ether oxygens (including phenoxy) is 1. The molecular weight excluding hydrogens is 217 g/mol. The second-order valence-electron chi connectivity index (χ2n) is 3.92. The summed E-state index contributed by atoms with van der Waals surface area (Å²) in [6.45, 7) is 4.55. The lowest BCUT2D eigenvalue weighted by Gasteiger charge is -2.29. The lowest BCUT2D eigenvalue weighted by molar-refractivity contribution is 0.240. The molecule has 1 aromatic rings. The predicted octanol–water partition coefficient (Wildman–Crippen LogP) is 3.47. The van der Waals surface area contributed by atoms with Crippen LogP contribution in [0, 0.1) is 5.82 Å². The van der Waals surface area contributed by atoms with Crippen molar-refractivity contribution in [2.24, 2.45) is 0 Å². The minimum absolute atomic E-state index is 0.121. The van der Waals surface area contributed by atoms with Gasteiger partial charge in [-0.15, -0.1) is 0 Å². The highest BCUT2D eigenvalue weighted by molar-refractivity contribution is 5.54. The molecule has 1 aliphatic rings. The van der Waals surface area contributed by atoms with Crippen LogP contribution in [0.2, 0.25) is 0 Å². The van der Waals surface area contributed by atoms with Crippen LogP contribution in [0.3, 0.4) is 0 Å². The first kappa shape index (κ1) is 11.7. The molecule has 3 heteroatoms. The summed E-state index contributed by atoms with van der Waals surface area (Å²) in [5, 5.41) is 0. The lowest BCUT2D eigenvalue weighted by atomic mass is 10.1. The van der Waals surface area contributed by atoms with E-state index >= 15 is 0 Å². The van der Waals surface area contributed by atoms with Crippen LogP contribution in [0.25, 0.3) is 0 Å². The summed E-state index contributed by atoms with van der Waals surface area (Å²) >= 11 is 0. The van der Waals surface area contributed by atoms with Crippen molar-refractivity contribution in [1.82, 2.24) is 0 Å². The average Bonchev–Trinajstić information content (AvgIpc) is 2.33. The zero-order valence-electron chi connectivity index (χ0n) is 10.1. The van der Waals surface area contributed by atoms with Gasteiger partial charge in [-0.1, -0.05) is 18.2 Å². The van der Waals surface area contributed by atoms with Crippen molar-refractivity contribution in [1.29, 1.82) is 0 Å². The number of nitrogens with zero attached hydrogens (tertiary/aromatic N) is 1. The van der Waals surface area contributed by atoms with Crippen LogP contribution < -0.4 is 4.90 Å². The molecule has 1 heterocycles. The van der Waals surface area contributed by atoms with Crippen LogP contribution in [0.4, 0.5) is 10.1 Å². The normalized spacial score (nSPS) is 19.1. The molecule has 2 rings (SSSR count). The molecule has 90 valence electrons. The van der Waals surface area contributed by atoms with Crippen molar-refractivity contribution in [3.8, 4) is 0 Å². The van der Waals surface area contributed by atoms with E-state index in [1.165, 1.54) is 6.07 Å². The number of allylic oxidation sites excluding steroid dienone is 1. The molecule has 0 amide bonds. The first-order chi connectivity index (χ1) is 8.22. The van der Waals surface area contributed by atoms with Crippen LogP contribution in [0.15, 0.2) is 48.4 Å². The second kappa shape index (κ2) is 5.04. The summed E-state index contributed by atoms with van der Waals surface area (Å²) in [6.07, 6.45) is 5.76.